The highest BCUT2D eigenvalue weighted by molar-refractivity contribution is 5.76. The molecule has 6 nitrogen and oxygen atoms in total. The van der Waals surface area contributed by atoms with Crippen LogP contribution < -0.4 is 5.43 Å². The van der Waals surface area contributed by atoms with Crippen LogP contribution in [0.2, 0.25) is 0 Å². The van der Waals surface area contributed by atoms with Crippen LogP contribution in [0.1, 0.15) is 45.7 Å². The Morgan fingerprint density at radius 3 is 1.64 bits per heavy atom. The minimum Gasteiger partial charge on any atom is -0.446 e. The van der Waals surface area contributed by atoms with Gasteiger partial charge >= 0.3 is 12.2 Å². The molecule has 2 aromatic rings. The van der Waals surface area contributed by atoms with Crippen molar-refractivity contribution in [2.75, 3.05) is 0 Å². The maximum Gasteiger partial charge on any atom is 0.430 e. The van der Waals surface area contributed by atoms with Crippen molar-refractivity contribution in [2.45, 2.75) is 52.4 Å². The summed E-state index contributed by atoms with van der Waals surface area (Å²) < 4.78 is 10.6. The van der Waals surface area contributed by atoms with E-state index in [0.29, 0.717) is 0 Å². The number of hydrazine groups is 1. The molecule has 1 N–H and O–H groups in total. The maximum absolute atomic E-state index is 13.0. The molecule has 0 aliphatic rings. The quantitative estimate of drug-likeness (QED) is 0.749. The second kappa shape index (κ2) is 9.26. The van der Waals surface area contributed by atoms with Crippen LogP contribution in [0.5, 0.6) is 0 Å². The summed E-state index contributed by atoms with van der Waals surface area (Å²) in [5.74, 6) is 0. The molecule has 0 fully saturated rings. The molecule has 2 rings (SSSR count). The fourth-order valence-corrected chi connectivity index (χ4v) is 2.88. The normalized spacial score (nSPS) is 11.2. The van der Waals surface area contributed by atoms with Crippen molar-refractivity contribution in [1.82, 2.24) is 10.4 Å². The lowest BCUT2D eigenvalue weighted by Gasteiger charge is -2.41. The number of benzene rings is 2. The van der Waals surface area contributed by atoms with E-state index in [0.717, 1.165) is 11.1 Å². The third kappa shape index (κ3) is 5.03. The zero-order chi connectivity index (χ0) is 20.7. The van der Waals surface area contributed by atoms with Gasteiger partial charge in [0.15, 0.2) is 0 Å². The summed E-state index contributed by atoms with van der Waals surface area (Å²) >= 11 is 0. The molecule has 0 bridgehead atoms. The summed E-state index contributed by atoms with van der Waals surface area (Å²) in [4.78, 5) is 25.4. The number of hydrogen-bond donors (Lipinski definition) is 1. The third-order valence-corrected chi connectivity index (χ3v) is 4.18. The van der Waals surface area contributed by atoms with Gasteiger partial charge in [-0.05, 0) is 45.7 Å². The number of nitrogens with one attached hydrogen (secondary N) is 1. The van der Waals surface area contributed by atoms with Gasteiger partial charge in [0.2, 0.25) is 0 Å². The Morgan fingerprint density at radius 2 is 1.25 bits per heavy atom. The van der Waals surface area contributed by atoms with Crippen molar-refractivity contribution in [2.24, 2.45) is 0 Å². The van der Waals surface area contributed by atoms with Crippen LogP contribution in [0.4, 0.5) is 9.59 Å². The number of amides is 2. The van der Waals surface area contributed by atoms with Crippen LogP contribution in [0, 0.1) is 0 Å². The Balaban J connectivity index is 2.57. The van der Waals surface area contributed by atoms with Crippen LogP contribution in [0.3, 0.4) is 0 Å². The first-order valence-electron chi connectivity index (χ1n) is 9.34. The zero-order valence-electron chi connectivity index (χ0n) is 17.0. The van der Waals surface area contributed by atoms with Gasteiger partial charge in [-0.3, -0.25) is 0 Å². The zero-order valence-corrected chi connectivity index (χ0v) is 17.0. The van der Waals surface area contributed by atoms with Gasteiger partial charge in [-0.25, -0.2) is 20.0 Å². The van der Waals surface area contributed by atoms with E-state index in [2.05, 4.69) is 5.43 Å². The minimum absolute atomic E-state index is 0.331. The topological polar surface area (TPSA) is 67.9 Å². The largest absolute Gasteiger partial charge is 0.446 e. The Bertz CT molecular complexity index is 736. The summed E-state index contributed by atoms with van der Waals surface area (Å²) in [7, 11) is 0. The molecule has 0 aliphatic heterocycles. The van der Waals surface area contributed by atoms with Crippen molar-refractivity contribution < 1.29 is 19.1 Å². The number of rotatable bonds is 5. The number of ether oxygens (including phenoxy) is 2. The Kier molecular flexibility index (Phi) is 7.04. The van der Waals surface area contributed by atoms with Gasteiger partial charge in [0, 0.05) is 0 Å². The summed E-state index contributed by atoms with van der Waals surface area (Å²) in [5.41, 5.74) is 3.19. The van der Waals surface area contributed by atoms with Gasteiger partial charge in [0.1, 0.15) is 5.54 Å². The lowest BCUT2D eigenvalue weighted by molar-refractivity contribution is 0.0145. The smallest absolute Gasteiger partial charge is 0.430 e. The standard InChI is InChI=1S/C22H28N2O4/c1-16(2)27-20(25)23-24(21(26)28-17(3)4)22(5,18-12-8-6-9-13-18)19-14-10-7-11-15-19/h6-17H,1-5H3,(H,23,25). The van der Waals surface area contributed by atoms with Crippen LogP contribution in [0.25, 0.3) is 0 Å². The summed E-state index contributed by atoms with van der Waals surface area (Å²) in [6.45, 7) is 8.85. The van der Waals surface area contributed by atoms with E-state index in [1.54, 1.807) is 27.7 Å². The first kappa shape index (κ1) is 21.3. The van der Waals surface area contributed by atoms with Gasteiger partial charge in [0.25, 0.3) is 0 Å². The number of hydrogen-bond acceptors (Lipinski definition) is 4. The van der Waals surface area contributed by atoms with Crippen molar-refractivity contribution in [3.8, 4) is 0 Å². The molecule has 2 aromatic carbocycles. The Hall–Kier alpha value is -3.02. The second-order valence-electron chi connectivity index (χ2n) is 7.14. The van der Waals surface area contributed by atoms with E-state index < -0.39 is 17.7 Å². The molecule has 0 atom stereocenters. The lowest BCUT2D eigenvalue weighted by Crippen LogP contribution is -2.58. The molecule has 0 aliphatic carbocycles. The molecular weight excluding hydrogens is 356 g/mol. The van der Waals surface area contributed by atoms with E-state index in [4.69, 9.17) is 9.47 Å². The van der Waals surface area contributed by atoms with Gasteiger partial charge in [-0.1, -0.05) is 60.7 Å². The molecule has 0 saturated carbocycles. The van der Waals surface area contributed by atoms with Gasteiger partial charge < -0.3 is 9.47 Å². The Labute approximate surface area is 166 Å². The first-order chi connectivity index (χ1) is 13.2. The van der Waals surface area contributed by atoms with E-state index in [1.165, 1.54) is 5.01 Å². The average molecular weight is 384 g/mol. The fraction of sp³-hybridized carbons (Fsp3) is 0.364. The molecule has 0 radical (unpaired) electrons. The highest BCUT2D eigenvalue weighted by Gasteiger charge is 2.42. The van der Waals surface area contributed by atoms with Crippen molar-refractivity contribution in [3.63, 3.8) is 0 Å². The molecule has 0 heterocycles. The van der Waals surface area contributed by atoms with Crippen LogP contribution in [0.15, 0.2) is 60.7 Å². The summed E-state index contributed by atoms with van der Waals surface area (Å²) in [6.07, 6.45) is -2.09. The summed E-state index contributed by atoms with van der Waals surface area (Å²) in [5, 5.41) is 1.20. The van der Waals surface area contributed by atoms with Crippen molar-refractivity contribution >= 4 is 12.2 Å². The monoisotopic (exact) mass is 384 g/mol. The molecule has 150 valence electrons. The van der Waals surface area contributed by atoms with Crippen molar-refractivity contribution in [1.29, 1.82) is 0 Å². The highest BCUT2D eigenvalue weighted by atomic mass is 16.6. The SMILES string of the molecule is CC(C)OC(=O)NN(C(=O)OC(C)C)C(C)(c1ccccc1)c1ccccc1. The van der Waals surface area contributed by atoms with Crippen LogP contribution >= 0.6 is 0 Å². The number of carbonyl (C=O) groups excluding carboxylic acids is 2. The molecule has 0 spiro atoms. The first-order valence-corrected chi connectivity index (χ1v) is 9.34. The average Bonchev–Trinajstić information content (AvgIpc) is 2.65. The maximum atomic E-state index is 13.0. The van der Waals surface area contributed by atoms with Gasteiger partial charge in [-0.2, -0.15) is 0 Å². The molecule has 28 heavy (non-hydrogen) atoms. The van der Waals surface area contributed by atoms with E-state index in [1.807, 2.05) is 67.6 Å². The number of nitrogens with zero attached hydrogens (tertiary/aromatic N) is 1. The lowest BCUT2D eigenvalue weighted by atomic mass is 9.84. The predicted octanol–water partition coefficient (Wildman–Crippen LogP) is 4.85. The predicted molar refractivity (Wildman–Crippen MR) is 108 cm³/mol. The van der Waals surface area contributed by atoms with Crippen LogP contribution in [-0.2, 0) is 15.0 Å². The molecule has 0 saturated heterocycles. The highest BCUT2D eigenvalue weighted by Crippen LogP contribution is 2.35. The summed E-state index contributed by atoms with van der Waals surface area (Å²) in [6, 6.07) is 18.9. The minimum atomic E-state index is -1.02. The molecule has 0 aromatic heterocycles. The molecular formula is C22H28N2O4. The molecule has 0 unspecified atom stereocenters. The molecule has 2 amide bonds. The van der Waals surface area contributed by atoms with E-state index >= 15 is 0 Å². The Morgan fingerprint density at radius 1 is 0.821 bits per heavy atom. The van der Waals surface area contributed by atoms with Gasteiger partial charge in [-0.15, -0.1) is 0 Å². The second-order valence-corrected chi connectivity index (χ2v) is 7.14. The third-order valence-electron chi connectivity index (χ3n) is 4.18. The van der Waals surface area contributed by atoms with E-state index in [9.17, 15) is 9.59 Å². The number of carbonyl (C=O) groups is 2. The molecule has 6 heteroatoms. The van der Waals surface area contributed by atoms with Gasteiger partial charge in [0.05, 0.1) is 12.2 Å². The van der Waals surface area contributed by atoms with Crippen molar-refractivity contribution in [3.05, 3.63) is 71.8 Å². The van der Waals surface area contributed by atoms with Crippen LogP contribution in [-0.4, -0.2) is 29.4 Å². The fourth-order valence-electron chi connectivity index (χ4n) is 2.88. The van der Waals surface area contributed by atoms with E-state index in [-0.39, 0.29) is 12.2 Å².